The zero-order chi connectivity index (χ0) is 24.2. The Morgan fingerprint density at radius 1 is 1.06 bits per heavy atom. The lowest BCUT2D eigenvalue weighted by atomic mass is 9.85. The number of nitrogens with zero attached hydrogens (tertiary/aromatic N) is 1. The average molecular weight is 489 g/mol. The van der Waals surface area contributed by atoms with Crippen molar-refractivity contribution in [2.75, 3.05) is 25.6 Å². The molecule has 0 spiro atoms. The molecule has 2 aliphatic carbocycles. The molecule has 1 aromatic heterocycles. The van der Waals surface area contributed by atoms with Crippen molar-refractivity contribution >= 4 is 46.0 Å². The number of hydrogen-bond donors (Lipinski definition) is 1. The second kappa shape index (κ2) is 10.5. The van der Waals surface area contributed by atoms with Gasteiger partial charge in [-0.3, -0.25) is 24.1 Å². The number of ether oxygens (including phenoxy) is 2. The maximum absolute atomic E-state index is 12.5. The number of rotatable bonds is 7. The van der Waals surface area contributed by atoms with E-state index in [-0.39, 0.29) is 36.6 Å². The van der Waals surface area contributed by atoms with E-state index in [1.54, 1.807) is 0 Å². The molecule has 0 bridgehead atoms. The number of allylic oxidation sites excluding steroid dienone is 2. The second-order valence-corrected chi connectivity index (χ2v) is 9.81. The van der Waals surface area contributed by atoms with Crippen LogP contribution in [0.4, 0.5) is 5.00 Å². The van der Waals surface area contributed by atoms with Gasteiger partial charge >= 0.3 is 11.9 Å². The van der Waals surface area contributed by atoms with Crippen molar-refractivity contribution in [2.45, 2.75) is 51.4 Å². The number of methoxy groups -OCH3 is 1. The molecule has 10 heteroatoms. The van der Waals surface area contributed by atoms with E-state index in [0.717, 1.165) is 47.4 Å². The van der Waals surface area contributed by atoms with Crippen molar-refractivity contribution in [1.29, 1.82) is 0 Å². The number of imide groups is 1. The van der Waals surface area contributed by atoms with Crippen LogP contribution in [0.15, 0.2) is 12.2 Å². The summed E-state index contributed by atoms with van der Waals surface area (Å²) in [7, 11) is 1.30. The van der Waals surface area contributed by atoms with Crippen molar-refractivity contribution in [3.8, 4) is 0 Å². The number of anilines is 1. The third-order valence-electron chi connectivity index (χ3n) is 6.57. The first-order valence-electron chi connectivity index (χ1n) is 11.6. The van der Waals surface area contributed by atoms with Gasteiger partial charge in [-0.2, -0.15) is 0 Å². The lowest BCUT2D eigenvalue weighted by molar-refractivity contribution is -0.148. The quantitative estimate of drug-likeness (QED) is 0.271. The molecule has 1 aromatic rings. The van der Waals surface area contributed by atoms with Gasteiger partial charge in [-0.1, -0.05) is 18.6 Å². The lowest BCUT2D eigenvalue weighted by Gasteiger charge is -2.14. The number of hydrogen-bond acceptors (Lipinski definition) is 8. The Morgan fingerprint density at radius 3 is 2.41 bits per heavy atom. The molecule has 1 aliphatic heterocycles. The third-order valence-corrected chi connectivity index (χ3v) is 7.77. The van der Waals surface area contributed by atoms with E-state index in [0.29, 0.717) is 23.4 Å². The standard InChI is InChI=1S/C24H28N2O7S/c1-32-24(31)20-16-9-3-2-4-10-17(16)34-21(20)25-18(27)13-33-19(28)11-12-26-22(29)14-7-5-6-8-15(14)23(26)30/h5-6,14-15H,2-4,7-13H2,1H3,(H,25,27)/t14-,15-/m1/s1. The molecule has 34 heavy (non-hydrogen) atoms. The van der Waals surface area contributed by atoms with Gasteiger partial charge in [-0.25, -0.2) is 4.79 Å². The fourth-order valence-corrected chi connectivity index (χ4v) is 6.12. The number of aryl methyl sites for hydroxylation is 1. The largest absolute Gasteiger partial charge is 0.465 e. The predicted molar refractivity (Wildman–Crippen MR) is 123 cm³/mol. The molecular formula is C24H28N2O7S. The molecule has 182 valence electrons. The van der Waals surface area contributed by atoms with Crippen molar-refractivity contribution < 1.29 is 33.4 Å². The molecule has 0 aromatic carbocycles. The minimum absolute atomic E-state index is 0.0603. The SMILES string of the molecule is COC(=O)c1c(NC(=O)COC(=O)CCN2C(=O)[C@@H]3CC=CC[C@H]3C2=O)sc2c1CCCCC2. The predicted octanol–water partition coefficient (Wildman–Crippen LogP) is 2.63. The molecule has 3 amide bonds. The van der Waals surface area contributed by atoms with Gasteiger partial charge in [0.2, 0.25) is 11.8 Å². The Bertz CT molecular complexity index is 1020. The Kier molecular flexibility index (Phi) is 7.45. The number of esters is 2. The fourth-order valence-electron chi connectivity index (χ4n) is 4.82. The van der Waals surface area contributed by atoms with Gasteiger partial charge in [0.25, 0.3) is 5.91 Å². The molecular weight excluding hydrogens is 460 g/mol. The van der Waals surface area contributed by atoms with Gasteiger partial charge in [0.05, 0.1) is 30.9 Å². The lowest BCUT2D eigenvalue weighted by Crippen LogP contribution is -2.33. The van der Waals surface area contributed by atoms with Crippen LogP contribution < -0.4 is 5.32 Å². The molecule has 1 N–H and O–H groups in total. The summed E-state index contributed by atoms with van der Waals surface area (Å²) in [5.74, 6) is -2.94. The Labute approximate surface area is 201 Å². The monoisotopic (exact) mass is 488 g/mol. The van der Waals surface area contributed by atoms with Crippen LogP contribution in [0.3, 0.4) is 0 Å². The van der Waals surface area contributed by atoms with Gasteiger partial charge in [-0.05, 0) is 44.1 Å². The number of carbonyl (C=O) groups excluding carboxylic acids is 5. The topological polar surface area (TPSA) is 119 Å². The zero-order valence-electron chi connectivity index (χ0n) is 19.1. The summed E-state index contributed by atoms with van der Waals surface area (Å²) in [6.45, 7) is -0.589. The summed E-state index contributed by atoms with van der Waals surface area (Å²) < 4.78 is 9.97. The second-order valence-electron chi connectivity index (χ2n) is 8.70. The highest BCUT2D eigenvalue weighted by Crippen LogP contribution is 2.38. The average Bonchev–Trinajstić information content (AvgIpc) is 3.17. The van der Waals surface area contributed by atoms with Gasteiger partial charge in [0.15, 0.2) is 6.61 Å². The van der Waals surface area contributed by atoms with Crippen molar-refractivity contribution in [3.05, 3.63) is 28.2 Å². The summed E-state index contributed by atoms with van der Waals surface area (Å²) in [6, 6.07) is 0. The van der Waals surface area contributed by atoms with E-state index < -0.39 is 24.5 Å². The van der Waals surface area contributed by atoms with Crippen LogP contribution in [0.1, 0.15) is 59.3 Å². The molecule has 2 heterocycles. The molecule has 0 saturated carbocycles. The Morgan fingerprint density at radius 2 is 1.74 bits per heavy atom. The van der Waals surface area contributed by atoms with E-state index in [9.17, 15) is 24.0 Å². The highest BCUT2D eigenvalue weighted by atomic mass is 32.1. The van der Waals surface area contributed by atoms with E-state index in [4.69, 9.17) is 9.47 Å². The Balaban J connectivity index is 1.30. The fraction of sp³-hybridized carbons (Fsp3) is 0.542. The molecule has 3 aliphatic rings. The van der Waals surface area contributed by atoms with Gasteiger partial charge in [0, 0.05) is 11.4 Å². The smallest absolute Gasteiger partial charge is 0.341 e. The van der Waals surface area contributed by atoms with Crippen molar-refractivity contribution in [1.82, 2.24) is 4.90 Å². The normalized spacial score (nSPS) is 21.5. The van der Waals surface area contributed by atoms with Crippen molar-refractivity contribution in [3.63, 3.8) is 0 Å². The van der Waals surface area contributed by atoms with Crippen LogP contribution in [-0.2, 0) is 41.5 Å². The van der Waals surface area contributed by atoms with Gasteiger partial charge < -0.3 is 14.8 Å². The third kappa shape index (κ3) is 4.91. The maximum atomic E-state index is 12.5. The van der Waals surface area contributed by atoms with E-state index >= 15 is 0 Å². The Hall–Kier alpha value is -3.01. The van der Waals surface area contributed by atoms with Gasteiger partial charge in [0.1, 0.15) is 5.00 Å². The molecule has 0 radical (unpaired) electrons. The first-order valence-corrected chi connectivity index (χ1v) is 12.4. The van der Waals surface area contributed by atoms with Crippen LogP contribution >= 0.6 is 11.3 Å². The summed E-state index contributed by atoms with van der Waals surface area (Å²) in [5, 5.41) is 3.09. The maximum Gasteiger partial charge on any atom is 0.341 e. The van der Waals surface area contributed by atoms with E-state index in [1.807, 2.05) is 12.2 Å². The molecule has 2 atom stereocenters. The molecule has 1 saturated heterocycles. The van der Waals surface area contributed by atoms with Crippen LogP contribution in [0, 0.1) is 11.8 Å². The number of nitrogens with one attached hydrogen (secondary N) is 1. The van der Waals surface area contributed by atoms with Crippen LogP contribution in [0.5, 0.6) is 0 Å². The van der Waals surface area contributed by atoms with Crippen molar-refractivity contribution in [2.24, 2.45) is 11.8 Å². The van der Waals surface area contributed by atoms with E-state index in [1.165, 1.54) is 18.4 Å². The number of amides is 3. The number of carbonyl (C=O) groups is 5. The zero-order valence-corrected chi connectivity index (χ0v) is 19.9. The number of likely N-dealkylation sites (tertiary alicyclic amines) is 1. The number of fused-ring (bicyclic) bond motifs is 2. The van der Waals surface area contributed by atoms with Crippen LogP contribution in [0.25, 0.3) is 0 Å². The number of thiophene rings is 1. The summed E-state index contributed by atoms with van der Waals surface area (Å²) in [4.78, 5) is 64.1. The highest BCUT2D eigenvalue weighted by molar-refractivity contribution is 7.17. The minimum Gasteiger partial charge on any atom is -0.465 e. The summed E-state index contributed by atoms with van der Waals surface area (Å²) in [5.41, 5.74) is 1.31. The summed E-state index contributed by atoms with van der Waals surface area (Å²) in [6.07, 6.45) is 9.39. The van der Waals surface area contributed by atoms with Gasteiger partial charge in [-0.15, -0.1) is 11.3 Å². The highest BCUT2D eigenvalue weighted by Gasteiger charge is 2.47. The van der Waals surface area contributed by atoms with Crippen LogP contribution in [0.2, 0.25) is 0 Å². The summed E-state index contributed by atoms with van der Waals surface area (Å²) >= 11 is 1.36. The minimum atomic E-state index is -0.682. The molecule has 0 unspecified atom stereocenters. The first-order chi connectivity index (χ1) is 16.4. The first kappa shape index (κ1) is 24.1. The van der Waals surface area contributed by atoms with Crippen LogP contribution in [-0.4, -0.2) is 54.8 Å². The molecule has 9 nitrogen and oxygen atoms in total. The van der Waals surface area contributed by atoms with E-state index in [2.05, 4.69) is 5.32 Å². The molecule has 4 rings (SSSR count). The molecule has 1 fully saturated rings.